The van der Waals surface area contributed by atoms with E-state index in [1.165, 1.54) is 12.1 Å². The first-order valence-corrected chi connectivity index (χ1v) is 5.48. The molecule has 0 spiro atoms. The summed E-state index contributed by atoms with van der Waals surface area (Å²) in [5.74, 6) is 0.469. The van der Waals surface area contributed by atoms with E-state index in [0.29, 0.717) is 17.8 Å². The molecule has 92 valence electrons. The van der Waals surface area contributed by atoms with Crippen LogP contribution in [0.1, 0.15) is 11.4 Å². The third kappa shape index (κ3) is 2.48. The van der Waals surface area contributed by atoms with E-state index in [4.69, 9.17) is 5.26 Å². The Hall–Kier alpha value is -2.35. The van der Waals surface area contributed by atoms with Crippen LogP contribution < -0.4 is 4.90 Å². The van der Waals surface area contributed by atoms with Crippen molar-refractivity contribution in [2.45, 2.75) is 6.54 Å². The number of nitrogens with zero attached hydrogens (tertiary/aromatic N) is 4. The first-order valence-electron chi connectivity index (χ1n) is 5.48. The fourth-order valence-corrected chi connectivity index (χ4v) is 1.71. The fraction of sp³-hybridized carbons (Fsp3) is 0.231. The average Bonchev–Trinajstić information content (AvgIpc) is 2.74. The molecular formula is C13H13FN4. The first kappa shape index (κ1) is 12.1. The molecule has 0 aliphatic rings. The summed E-state index contributed by atoms with van der Waals surface area (Å²) in [4.78, 5) is 6.06. The Morgan fingerprint density at radius 2 is 2.22 bits per heavy atom. The molecule has 1 aromatic carbocycles. The van der Waals surface area contributed by atoms with Gasteiger partial charge in [-0.25, -0.2) is 9.37 Å². The molecule has 0 N–H and O–H groups in total. The largest absolute Gasteiger partial charge is 0.367 e. The van der Waals surface area contributed by atoms with Crippen LogP contribution in [-0.4, -0.2) is 16.6 Å². The minimum atomic E-state index is -0.407. The van der Waals surface area contributed by atoms with Crippen molar-refractivity contribution < 1.29 is 4.39 Å². The molecule has 0 aliphatic heterocycles. The average molecular weight is 244 g/mol. The third-order valence-electron chi connectivity index (χ3n) is 2.75. The fourth-order valence-electron chi connectivity index (χ4n) is 1.71. The highest BCUT2D eigenvalue weighted by Crippen LogP contribution is 2.18. The van der Waals surface area contributed by atoms with Crippen molar-refractivity contribution in [2.24, 2.45) is 7.05 Å². The minimum Gasteiger partial charge on any atom is -0.367 e. The topological polar surface area (TPSA) is 44.9 Å². The van der Waals surface area contributed by atoms with Gasteiger partial charge in [0, 0.05) is 32.2 Å². The maximum Gasteiger partial charge on any atom is 0.127 e. The molecule has 0 fully saturated rings. The van der Waals surface area contributed by atoms with Crippen molar-refractivity contribution in [3.8, 4) is 6.07 Å². The Kier molecular flexibility index (Phi) is 3.28. The lowest BCUT2D eigenvalue weighted by atomic mass is 10.2. The molecule has 1 heterocycles. The van der Waals surface area contributed by atoms with Crippen LogP contribution >= 0.6 is 0 Å². The monoisotopic (exact) mass is 244 g/mol. The maximum absolute atomic E-state index is 13.3. The van der Waals surface area contributed by atoms with Gasteiger partial charge in [-0.15, -0.1) is 0 Å². The summed E-state index contributed by atoms with van der Waals surface area (Å²) in [6, 6.07) is 6.23. The van der Waals surface area contributed by atoms with Crippen LogP contribution in [-0.2, 0) is 13.6 Å². The zero-order valence-corrected chi connectivity index (χ0v) is 10.3. The quantitative estimate of drug-likeness (QED) is 0.830. The molecular weight excluding hydrogens is 231 g/mol. The van der Waals surface area contributed by atoms with E-state index < -0.39 is 5.82 Å². The van der Waals surface area contributed by atoms with Gasteiger partial charge in [-0.2, -0.15) is 5.26 Å². The minimum absolute atomic E-state index is 0.316. The van der Waals surface area contributed by atoms with Crippen molar-refractivity contribution in [1.82, 2.24) is 9.55 Å². The summed E-state index contributed by atoms with van der Waals surface area (Å²) < 4.78 is 15.2. The molecule has 0 atom stereocenters. The van der Waals surface area contributed by atoms with Gasteiger partial charge in [0.15, 0.2) is 0 Å². The number of hydrogen-bond acceptors (Lipinski definition) is 3. The van der Waals surface area contributed by atoms with Crippen molar-refractivity contribution >= 4 is 5.69 Å². The Labute approximate surface area is 105 Å². The number of halogens is 1. The number of nitriles is 1. The number of hydrogen-bond donors (Lipinski definition) is 0. The molecule has 5 heteroatoms. The predicted octanol–water partition coefficient (Wildman–Crippen LogP) is 2.07. The van der Waals surface area contributed by atoms with Gasteiger partial charge < -0.3 is 9.47 Å². The highest BCUT2D eigenvalue weighted by Gasteiger charge is 2.08. The number of anilines is 1. The molecule has 0 bridgehead atoms. The summed E-state index contributed by atoms with van der Waals surface area (Å²) >= 11 is 0. The second kappa shape index (κ2) is 4.88. The van der Waals surface area contributed by atoms with Gasteiger partial charge in [-0.1, -0.05) is 0 Å². The molecule has 0 amide bonds. The summed E-state index contributed by atoms with van der Waals surface area (Å²) in [6.45, 7) is 0.553. The number of aryl methyl sites for hydroxylation is 1. The smallest absolute Gasteiger partial charge is 0.127 e. The van der Waals surface area contributed by atoms with Gasteiger partial charge >= 0.3 is 0 Å². The second-order valence-electron chi connectivity index (χ2n) is 4.12. The van der Waals surface area contributed by atoms with E-state index >= 15 is 0 Å². The van der Waals surface area contributed by atoms with Crippen molar-refractivity contribution in [3.05, 3.63) is 47.8 Å². The van der Waals surface area contributed by atoms with Crippen LogP contribution in [0.25, 0.3) is 0 Å². The van der Waals surface area contributed by atoms with E-state index in [1.807, 2.05) is 35.8 Å². The van der Waals surface area contributed by atoms with Crippen LogP contribution in [0.5, 0.6) is 0 Å². The van der Waals surface area contributed by atoms with Crippen molar-refractivity contribution in [1.29, 1.82) is 5.26 Å². The van der Waals surface area contributed by atoms with E-state index in [2.05, 4.69) is 4.98 Å². The Balaban J connectivity index is 2.24. The van der Waals surface area contributed by atoms with E-state index in [1.54, 1.807) is 12.3 Å². The Morgan fingerprint density at radius 3 is 2.83 bits per heavy atom. The molecule has 0 saturated carbocycles. The van der Waals surface area contributed by atoms with E-state index in [9.17, 15) is 4.39 Å². The molecule has 18 heavy (non-hydrogen) atoms. The standard InChI is InChI=1S/C13H13FN4/c1-17-4-3-16-13(17)9-18(2)12-6-10(8-15)5-11(14)7-12/h3-7H,9H2,1-2H3. The number of imidazole rings is 1. The van der Waals surface area contributed by atoms with Gasteiger partial charge in [0.2, 0.25) is 0 Å². The highest BCUT2D eigenvalue weighted by atomic mass is 19.1. The number of rotatable bonds is 3. The molecule has 2 rings (SSSR count). The second-order valence-corrected chi connectivity index (χ2v) is 4.12. The first-order chi connectivity index (χ1) is 8.60. The number of aromatic nitrogens is 2. The molecule has 0 unspecified atom stereocenters. The maximum atomic E-state index is 13.3. The van der Waals surface area contributed by atoms with E-state index in [-0.39, 0.29) is 0 Å². The zero-order chi connectivity index (χ0) is 13.1. The number of benzene rings is 1. The molecule has 1 aromatic heterocycles. The van der Waals surface area contributed by atoms with Gasteiger partial charge in [0.25, 0.3) is 0 Å². The van der Waals surface area contributed by atoms with Gasteiger partial charge in [-0.05, 0) is 18.2 Å². The van der Waals surface area contributed by atoms with Gasteiger partial charge in [-0.3, -0.25) is 0 Å². The molecule has 0 aliphatic carbocycles. The molecule has 2 aromatic rings. The predicted molar refractivity (Wildman–Crippen MR) is 66.4 cm³/mol. The van der Waals surface area contributed by atoms with Crippen molar-refractivity contribution in [2.75, 3.05) is 11.9 Å². The molecule has 0 saturated heterocycles. The lowest BCUT2D eigenvalue weighted by Crippen LogP contribution is -2.19. The SMILES string of the molecule is CN(Cc1nccn1C)c1cc(F)cc(C#N)c1. The van der Waals surface area contributed by atoms with Crippen LogP contribution in [0.2, 0.25) is 0 Å². The summed E-state index contributed by atoms with van der Waals surface area (Å²) in [7, 11) is 3.74. The van der Waals surface area contributed by atoms with Gasteiger partial charge in [0.1, 0.15) is 11.6 Å². The molecule has 0 radical (unpaired) electrons. The molecule has 4 nitrogen and oxygen atoms in total. The Bertz CT molecular complexity index is 597. The van der Waals surface area contributed by atoms with Crippen LogP contribution in [0.15, 0.2) is 30.6 Å². The van der Waals surface area contributed by atoms with Crippen LogP contribution in [0.4, 0.5) is 10.1 Å². The Morgan fingerprint density at radius 1 is 1.44 bits per heavy atom. The summed E-state index contributed by atoms with van der Waals surface area (Å²) in [5.41, 5.74) is 0.978. The normalized spacial score (nSPS) is 10.1. The van der Waals surface area contributed by atoms with Crippen LogP contribution in [0, 0.1) is 17.1 Å². The highest BCUT2D eigenvalue weighted by molar-refractivity contribution is 5.51. The summed E-state index contributed by atoms with van der Waals surface area (Å²) in [6.07, 6.45) is 3.57. The summed E-state index contributed by atoms with van der Waals surface area (Å²) in [5, 5.41) is 8.82. The lowest BCUT2D eigenvalue weighted by Gasteiger charge is -2.19. The zero-order valence-electron chi connectivity index (χ0n) is 10.3. The van der Waals surface area contributed by atoms with Crippen molar-refractivity contribution in [3.63, 3.8) is 0 Å². The lowest BCUT2D eigenvalue weighted by molar-refractivity contribution is 0.626. The van der Waals surface area contributed by atoms with Crippen LogP contribution in [0.3, 0.4) is 0 Å². The van der Waals surface area contributed by atoms with E-state index in [0.717, 1.165) is 5.82 Å². The van der Waals surface area contributed by atoms with Gasteiger partial charge in [0.05, 0.1) is 18.2 Å². The third-order valence-corrected chi connectivity index (χ3v) is 2.75.